The van der Waals surface area contributed by atoms with Crippen molar-refractivity contribution < 1.29 is 9.53 Å². The molecule has 1 N–H and O–H groups in total. The summed E-state index contributed by atoms with van der Waals surface area (Å²) in [7, 11) is 1.67. The fourth-order valence-electron chi connectivity index (χ4n) is 4.26. The van der Waals surface area contributed by atoms with Gasteiger partial charge in [0.15, 0.2) is 0 Å². The Balaban J connectivity index is 1.75. The highest BCUT2D eigenvalue weighted by molar-refractivity contribution is 5.84. The van der Waals surface area contributed by atoms with E-state index in [1.54, 1.807) is 7.11 Å². The lowest BCUT2D eigenvalue weighted by molar-refractivity contribution is -0.145. The molecule has 1 aromatic carbocycles. The number of benzene rings is 1. The van der Waals surface area contributed by atoms with Crippen LogP contribution >= 0.6 is 0 Å². The van der Waals surface area contributed by atoms with Crippen molar-refractivity contribution in [2.24, 2.45) is 11.3 Å². The van der Waals surface area contributed by atoms with Gasteiger partial charge in [-0.15, -0.1) is 0 Å². The Bertz CT molecular complexity index is 543. The zero-order valence-corrected chi connectivity index (χ0v) is 14.3. The first-order valence-corrected chi connectivity index (χ1v) is 8.82. The molecule has 0 spiro atoms. The Hall–Kier alpha value is -1.55. The third-order valence-corrected chi connectivity index (χ3v) is 5.67. The van der Waals surface area contributed by atoms with Crippen molar-refractivity contribution in [2.75, 3.05) is 26.7 Å². The van der Waals surface area contributed by atoms with Gasteiger partial charge in [-0.2, -0.15) is 0 Å². The zero-order valence-electron chi connectivity index (χ0n) is 14.3. The van der Waals surface area contributed by atoms with Crippen LogP contribution in [0.25, 0.3) is 0 Å². The van der Waals surface area contributed by atoms with Crippen molar-refractivity contribution in [1.29, 1.82) is 0 Å². The maximum absolute atomic E-state index is 13.3. The Kier molecular flexibility index (Phi) is 4.90. The number of methoxy groups -OCH3 is 1. The Morgan fingerprint density at radius 2 is 2.13 bits per heavy atom. The molecule has 2 atom stereocenters. The van der Waals surface area contributed by atoms with Crippen LogP contribution < -0.4 is 10.1 Å². The normalized spacial score (nSPS) is 26.6. The number of hydrogen-bond donors (Lipinski definition) is 1. The van der Waals surface area contributed by atoms with E-state index in [-0.39, 0.29) is 5.41 Å². The van der Waals surface area contributed by atoms with E-state index in [9.17, 15) is 4.79 Å². The highest BCUT2D eigenvalue weighted by Gasteiger charge is 2.51. The van der Waals surface area contributed by atoms with Crippen LogP contribution in [0.3, 0.4) is 0 Å². The number of amides is 1. The van der Waals surface area contributed by atoms with E-state index in [1.165, 1.54) is 19.3 Å². The second-order valence-electron chi connectivity index (χ2n) is 6.90. The van der Waals surface area contributed by atoms with Gasteiger partial charge in [0.1, 0.15) is 5.75 Å². The van der Waals surface area contributed by atoms with Crippen molar-refractivity contribution in [3.05, 3.63) is 29.8 Å². The molecule has 2 fully saturated rings. The molecule has 1 saturated heterocycles. The predicted octanol–water partition coefficient (Wildman–Crippen LogP) is 2.82. The lowest BCUT2D eigenvalue weighted by Crippen LogP contribution is -2.49. The first-order chi connectivity index (χ1) is 11.2. The van der Waals surface area contributed by atoms with Crippen LogP contribution in [-0.2, 0) is 11.3 Å². The van der Waals surface area contributed by atoms with Crippen LogP contribution in [0, 0.1) is 11.3 Å². The minimum absolute atomic E-state index is 0.152. The summed E-state index contributed by atoms with van der Waals surface area (Å²) >= 11 is 0. The van der Waals surface area contributed by atoms with Gasteiger partial charge in [-0.3, -0.25) is 4.79 Å². The molecule has 0 unspecified atom stereocenters. The molecule has 23 heavy (non-hydrogen) atoms. The first-order valence-electron chi connectivity index (χ1n) is 8.82. The largest absolute Gasteiger partial charge is 0.497 e. The van der Waals surface area contributed by atoms with Crippen LogP contribution in [-0.4, -0.2) is 37.6 Å². The van der Waals surface area contributed by atoms with Crippen molar-refractivity contribution in [3.63, 3.8) is 0 Å². The third-order valence-electron chi connectivity index (χ3n) is 5.67. The van der Waals surface area contributed by atoms with Crippen LogP contribution in [0.4, 0.5) is 0 Å². The number of hydrogen-bond acceptors (Lipinski definition) is 3. The number of carbonyl (C=O) groups is 1. The summed E-state index contributed by atoms with van der Waals surface area (Å²) < 4.78 is 5.21. The van der Waals surface area contributed by atoms with E-state index >= 15 is 0 Å². The van der Waals surface area contributed by atoms with Crippen molar-refractivity contribution in [2.45, 2.75) is 39.2 Å². The minimum Gasteiger partial charge on any atom is -0.497 e. The van der Waals surface area contributed by atoms with Crippen molar-refractivity contribution in [1.82, 2.24) is 10.2 Å². The van der Waals surface area contributed by atoms with E-state index < -0.39 is 0 Å². The Labute approximate surface area is 139 Å². The standard InChI is InChI=1S/C19H28N2O2/c1-3-21(13-15-7-9-17(23-2)10-8-15)18(22)19-11-5-4-6-16(19)12-20-14-19/h7-10,16,20H,3-6,11-14H2,1-2H3/t16-,19+/m0/s1. The van der Waals surface area contributed by atoms with Gasteiger partial charge in [-0.05, 0) is 49.9 Å². The summed E-state index contributed by atoms with van der Waals surface area (Å²) in [5.74, 6) is 1.73. The van der Waals surface area contributed by atoms with Gasteiger partial charge in [0.25, 0.3) is 0 Å². The number of fused-ring (bicyclic) bond motifs is 1. The van der Waals surface area contributed by atoms with E-state index in [2.05, 4.69) is 24.4 Å². The number of carbonyl (C=O) groups excluding carboxylic acids is 1. The molecule has 1 heterocycles. The van der Waals surface area contributed by atoms with Crippen LogP contribution in [0.5, 0.6) is 5.75 Å². The summed E-state index contributed by atoms with van der Waals surface area (Å²) in [6.45, 7) is 5.40. The molecule has 1 aliphatic carbocycles. The monoisotopic (exact) mass is 316 g/mol. The maximum atomic E-state index is 13.3. The highest BCUT2D eigenvalue weighted by atomic mass is 16.5. The van der Waals surface area contributed by atoms with E-state index in [0.29, 0.717) is 18.4 Å². The number of ether oxygens (including phenoxy) is 1. The Morgan fingerprint density at radius 1 is 1.35 bits per heavy atom. The van der Waals surface area contributed by atoms with Crippen LogP contribution in [0.1, 0.15) is 38.2 Å². The van der Waals surface area contributed by atoms with Gasteiger partial charge in [0.05, 0.1) is 12.5 Å². The molecule has 3 rings (SSSR count). The summed E-state index contributed by atoms with van der Waals surface area (Å²) in [5, 5.41) is 3.48. The van der Waals surface area contributed by atoms with E-state index in [0.717, 1.165) is 37.4 Å². The van der Waals surface area contributed by atoms with Gasteiger partial charge in [0.2, 0.25) is 5.91 Å². The molecule has 1 aromatic rings. The average Bonchev–Trinajstić information content (AvgIpc) is 3.04. The van der Waals surface area contributed by atoms with Crippen LogP contribution in [0.2, 0.25) is 0 Å². The van der Waals surface area contributed by atoms with Gasteiger partial charge in [-0.25, -0.2) is 0 Å². The summed E-state index contributed by atoms with van der Waals surface area (Å²) in [5.41, 5.74) is 1.01. The smallest absolute Gasteiger partial charge is 0.230 e. The molecule has 4 heteroatoms. The molecule has 0 aromatic heterocycles. The third kappa shape index (κ3) is 3.09. The highest BCUT2D eigenvalue weighted by Crippen LogP contribution is 2.45. The van der Waals surface area contributed by atoms with E-state index in [4.69, 9.17) is 4.74 Å². The molecule has 1 aliphatic heterocycles. The Morgan fingerprint density at radius 3 is 2.83 bits per heavy atom. The SMILES string of the molecule is CCN(Cc1ccc(OC)cc1)C(=O)[C@@]12CCCC[C@H]1CNC2. The zero-order chi connectivity index (χ0) is 16.3. The van der Waals surface area contributed by atoms with Crippen molar-refractivity contribution in [3.8, 4) is 5.75 Å². The summed E-state index contributed by atoms with van der Waals surface area (Å²) in [6, 6.07) is 8.04. The molecular weight excluding hydrogens is 288 g/mol. The molecule has 4 nitrogen and oxygen atoms in total. The van der Waals surface area contributed by atoms with E-state index in [1.807, 2.05) is 17.0 Å². The number of rotatable bonds is 5. The predicted molar refractivity (Wildman–Crippen MR) is 91.3 cm³/mol. The lowest BCUT2D eigenvalue weighted by atomic mass is 9.67. The maximum Gasteiger partial charge on any atom is 0.230 e. The van der Waals surface area contributed by atoms with Crippen LogP contribution in [0.15, 0.2) is 24.3 Å². The van der Waals surface area contributed by atoms with Gasteiger partial charge < -0.3 is 15.0 Å². The second-order valence-corrected chi connectivity index (χ2v) is 6.90. The van der Waals surface area contributed by atoms with Gasteiger partial charge in [0, 0.05) is 19.6 Å². The second kappa shape index (κ2) is 6.91. The molecule has 0 bridgehead atoms. The van der Waals surface area contributed by atoms with Gasteiger partial charge in [-0.1, -0.05) is 25.0 Å². The average molecular weight is 316 g/mol. The number of nitrogens with zero attached hydrogens (tertiary/aromatic N) is 1. The van der Waals surface area contributed by atoms with Crippen molar-refractivity contribution >= 4 is 5.91 Å². The molecular formula is C19H28N2O2. The fraction of sp³-hybridized carbons (Fsp3) is 0.632. The number of nitrogens with one attached hydrogen (secondary N) is 1. The molecule has 1 saturated carbocycles. The summed E-state index contributed by atoms with van der Waals surface area (Å²) in [4.78, 5) is 15.4. The minimum atomic E-state index is -0.152. The quantitative estimate of drug-likeness (QED) is 0.908. The lowest BCUT2D eigenvalue weighted by Gasteiger charge is -2.40. The molecule has 1 amide bonds. The fourth-order valence-corrected chi connectivity index (χ4v) is 4.26. The molecule has 2 aliphatic rings. The molecule has 0 radical (unpaired) electrons. The topological polar surface area (TPSA) is 41.6 Å². The molecule has 126 valence electrons. The first kappa shape index (κ1) is 16.3. The van der Waals surface area contributed by atoms with Gasteiger partial charge >= 0.3 is 0 Å². The summed E-state index contributed by atoms with van der Waals surface area (Å²) in [6.07, 6.45) is 4.69.